The Kier molecular flexibility index (Phi) is 6.56. The van der Waals surface area contributed by atoms with Crippen molar-refractivity contribution in [2.45, 2.75) is 40.2 Å². The molecule has 1 N–H and O–H groups in total. The van der Waals surface area contributed by atoms with Gasteiger partial charge in [0.25, 0.3) is 0 Å². The van der Waals surface area contributed by atoms with Crippen molar-refractivity contribution in [1.29, 1.82) is 0 Å². The predicted octanol–water partition coefficient (Wildman–Crippen LogP) is 1.65. The molecule has 1 fully saturated rings. The van der Waals surface area contributed by atoms with Crippen LogP contribution in [0, 0.1) is 5.41 Å². The van der Waals surface area contributed by atoms with E-state index in [2.05, 4.69) is 10.3 Å². The molecule has 24 heavy (non-hydrogen) atoms. The molecule has 0 aromatic carbocycles. The Bertz CT molecular complexity index is 512. The van der Waals surface area contributed by atoms with E-state index in [0.29, 0.717) is 5.84 Å². The molecule has 1 heterocycles. The number of amidine groups is 1. The second-order valence-electron chi connectivity index (χ2n) is 6.63. The standard InChI is InChI=1S/C15H24N2O7/c1-10(17-12(19)24-14(2,3)4)16-6-7-21-11(18)15(5)8-22-13(20)23-9-15/h6-9H2,1-5H3,(H,16,17,19). The average Bonchev–Trinajstić information content (AvgIpc) is 2.44. The highest BCUT2D eigenvalue weighted by Crippen LogP contribution is 2.23. The molecule has 0 aromatic rings. The number of cyclic esters (lactones) is 2. The summed E-state index contributed by atoms with van der Waals surface area (Å²) in [7, 11) is 0. The molecular formula is C15H24N2O7. The van der Waals surface area contributed by atoms with Crippen LogP contribution in [0.5, 0.6) is 0 Å². The third-order valence-corrected chi connectivity index (χ3v) is 2.88. The molecule has 1 amide bonds. The molecule has 1 saturated heterocycles. The van der Waals surface area contributed by atoms with Crippen molar-refractivity contribution in [2.24, 2.45) is 10.4 Å². The SMILES string of the molecule is C/C(=N\C(=O)OC(C)(C)C)NCCOC(=O)C1(C)COC(=O)OC1. The third-order valence-electron chi connectivity index (χ3n) is 2.88. The quantitative estimate of drug-likeness (QED) is 0.269. The summed E-state index contributed by atoms with van der Waals surface area (Å²) in [5, 5.41) is 2.83. The van der Waals surface area contributed by atoms with Gasteiger partial charge in [-0.05, 0) is 34.6 Å². The van der Waals surface area contributed by atoms with Crippen molar-refractivity contribution in [2.75, 3.05) is 26.4 Å². The van der Waals surface area contributed by atoms with Gasteiger partial charge in [-0.1, -0.05) is 0 Å². The minimum atomic E-state index is -1.02. The zero-order valence-electron chi connectivity index (χ0n) is 14.6. The molecule has 9 nitrogen and oxygen atoms in total. The zero-order chi connectivity index (χ0) is 18.4. The van der Waals surface area contributed by atoms with Crippen LogP contribution in [0.25, 0.3) is 0 Å². The number of esters is 1. The molecule has 1 rings (SSSR count). The second kappa shape index (κ2) is 7.98. The van der Waals surface area contributed by atoms with E-state index in [1.165, 1.54) is 0 Å². The average molecular weight is 344 g/mol. The summed E-state index contributed by atoms with van der Waals surface area (Å²) < 4.78 is 19.5. The summed E-state index contributed by atoms with van der Waals surface area (Å²) in [4.78, 5) is 38.0. The number of carbonyl (C=O) groups is 3. The largest absolute Gasteiger partial charge is 0.508 e. The topological polar surface area (TPSA) is 113 Å². The number of nitrogens with one attached hydrogen (secondary N) is 1. The molecule has 0 unspecified atom stereocenters. The summed E-state index contributed by atoms with van der Waals surface area (Å²) in [5.41, 5.74) is -1.63. The first-order valence-corrected chi connectivity index (χ1v) is 7.51. The van der Waals surface area contributed by atoms with Gasteiger partial charge < -0.3 is 24.3 Å². The maximum absolute atomic E-state index is 12.0. The van der Waals surface area contributed by atoms with Crippen LogP contribution >= 0.6 is 0 Å². The van der Waals surface area contributed by atoms with Crippen molar-refractivity contribution in [3.8, 4) is 0 Å². The molecule has 0 aliphatic carbocycles. The fourth-order valence-electron chi connectivity index (χ4n) is 1.65. The van der Waals surface area contributed by atoms with Crippen LogP contribution in [-0.2, 0) is 23.7 Å². The number of carbonyl (C=O) groups excluding carboxylic acids is 3. The van der Waals surface area contributed by atoms with Gasteiger partial charge in [0.1, 0.15) is 36.7 Å². The van der Waals surface area contributed by atoms with E-state index in [9.17, 15) is 14.4 Å². The number of ether oxygens (including phenoxy) is 4. The zero-order valence-corrected chi connectivity index (χ0v) is 14.6. The summed E-state index contributed by atoms with van der Waals surface area (Å²) in [6.07, 6.45) is -1.49. The summed E-state index contributed by atoms with van der Waals surface area (Å²) >= 11 is 0. The van der Waals surface area contributed by atoms with Crippen molar-refractivity contribution >= 4 is 24.1 Å². The van der Waals surface area contributed by atoms with Crippen molar-refractivity contribution in [3.05, 3.63) is 0 Å². The van der Waals surface area contributed by atoms with Gasteiger partial charge in [-0.25, -0.2) is 9.59 Å². The third kappa shape index (κ3) is 6.84. The molecule has 0 bridgehead atoms. The summed E-state index contributed by atoms with van der Waals surface area (Å²) in [5.74, 6) is -0.181. The molecular weight excluding hydrogens is 320 g/mol. The van der Waals surface area contributed by atoms with E-state index in [4.69, 9.17) is 18.9 Å². The maximum atomic E-state index is 12.0. The molecule has 0 atom stereocenters. The van der Waals surface area contributed by atoms with E-state index < -0.39 is 29.2 Å². The van der Waals surface area contributed by atoms with Crippen LogP contribution in [-0.4, -0.2) is 56.0 Å². The van der Waals surface area contributed by atoms with Crippen LogP contribution in [0.1, 0.15) is 34.6 Å². The van der Waals surface area contributed by atoms with E-state index in [-0.39, 0.29) is 26.4 Å². The smallest absolute Gasteiger partial charge is 0.463 e. The van der Waals surface area contributed by atoms with Gasteiger partial charge in [-0.2, -0.15) is 4.99 Å². The molecule has 0 saturated carbocycles. The van der Waals surface area contributed by atoms with Crippen molar-refractivity contribution in [3.63, 3.8) is 0 Å². The summed E-state index contributed by atoms with van der Waals surface area (Å²) in [6.45, 7) is 8.57. The van der Waals surface area contributed by atoms with Crippen LogP contribution in [0.4, 0.5) is 9.59 Å². The highest BCUT2D eigenvalue weighted by molar-refractivity contribution is 5.90. The van der Waals surface area contributed by atoms with Crippen molar-refractivity contribution in [1.82, 2.24) is 5.32 Å². The number of hydrogen-bond donors (Lipinski definition) is 1. The van der Waals surface area contributed by atoms with Crippen LogP contribution in [0.2, 0.25) is 0 Å². The monoisotopic (exact) mass is 344 g/mol. The maximum Gasteiger partial charge on any atom is 0.508 e. The Balaban J connectivity index is 2.31. The highest BCUT2D eigenvalue weighted by Gasteiger charge is 2.41. The fraction of sp³-hybridized carbons (Fsp3) is 0.733. The first kappa shape index (κ1) is 19.7. The van der Waals surface area contributed by atoms with E-state index in [0.717, 1.165) is 0 Å². The lowest BCUT2D eigenvalue weighted by Crippen LogP contribution is -2.44. The van der Waals surface area contributed by atoms with Gasteiger partial charge in [-0.15, -0.1) is 0 Å². The van der Waals surface area contributed by atoms with E-state index in [1.54, 1.807) is 34.6 Å². The van der Waals surface area contributed by atoms with Crippen LogP contribution in [0.3, 0.4) is 0 Å². The molecule has 9 heteroatoms. The molecule has 136 valence electrons. The first-order chi connectivity index (χ1) is 11.0. The number of aliphatic imine (C=N–C) groups is 1. The van der Waals surface area contributed by atoms with Crippen LogP contribution < -0.4 is 5.32 Å². The van der Waals surface area contributed by atoms with E-state index >= 15 is 0 Å². The Morgan fingerprint density at radius 2 is 1.88 bits per heavy atom. The molecule has 0 aromatic heterocycles. The highest BCUT2D eigenvalue weighted by atomic mass is 16.7. The Labute approximate surface area is 140 Å². The minimum absolute atomic E-state index is 0.0591. The van der Waals surface area contributed by atoms with Gasteiger partial charge >= 0.3 is 18.2 Å². The van der Waals surface area contributed by atoms with Crippen molar-refractivity contribution < 1.29 is 33.3 Å². The van der Waals surface area contributed by atoms with Gasteiger partial charge in [0, 0.05) is 0 Å². The van der Waals surface area contributed by atoms with Crippen LogP contribution in [0.15, 0.2) is 4.99 Å². The lowest BCUT2D eigenvalue weighted by Gasteiger charge is -2.29. The first-order valence-electron chi connectivity index (χ1n) is 7.51. The molecule has 0 spiro atoms. The van der Waals surface area contributed by atoms with Gasteiger partial charge in [-0.3, -0.25) is 4.79 Å². The van der Waals surface area contributed by atoms with E-state index in [1.807, 2.05) is 0 Å². The lowest BCUT2D eigenvalue weighted by molar-refractivity contribution is -0.165. The number of rotatable bonds is 4. The molecule has 0 radical (unpaired) electrons. The Morgan fingerprint density at radius 1 is 1.29 bits per heavy atom. The number of hydrogen-bond acceptors (Lipinski definition) is 7. The molecule has 1 aliphatic rings. The lowest BCUT2D eigenvalue weighted by atomic mass is 9.93. The normalized spacial score (nSPS) is 17.4. The predicted molar refractivity (Wildman–Crippen MR) is 83.7 cm³/mol. The van der Waals surface area contributed by atoms with Gasteiger partial charge in [0.05, 0.1) is 6.54 Å². The second-order valence-corrected chi connectivity index (χ2v) is 6.63. The number of amides is 1. The Hall–Kier alpha value is -2.32. The fourth-order valence-corrected chi connectivity index (χ4v) is 1.65. The minimum Gasteiger partial charge on any atom is -0.463 e. The number of nitrogens with zero attached hydrogens (tertiary/aromatic N) is 1. The van der Waals surface area contributed by atoms with Gasteiger partial charge in [0.15, 0.2) is 0 Å². The molecule has 1 aliphatic heterocycles. The Morgan fingerprint density at radius 3 is 2.42 bits per heavy atom. The summed E-state index contributed by atoms with van der Waals surface area (Å²) in [6, 6.07) is 0. The van der Waals surface area contributed by atoms with Gasteiger partial charge in [0.2, 0.25) is 0 Å².